The Balaban J connectivity index is 1.27. The number of halogens is 3. The van der Waals surface area contributed by atoms with E-state index in [9.17, 15) is 27.9 Å². The van der Waals surface area contributed by atoms with Gasteiger partial charge in [0, 0.05) is 5.56 Å². The number of hydrogen-bond acceptors (Lipinski definition) is 4. The number of ether oxygens (including phenoxy) is 2. The molecule has 0 aliphatic carbocycles. The summed E-state index contributed by atoms with van der Waals surface area (Å²) in [7, 11) is 0. The van der Waals surface area contributed by atoms with Crippen molar-refractivity contribution in [2.45, 2.75) is 39.0 Å². The molecule has 240 valence electrons. The van der Waals surface area contributed by atoms with E-state index in [4.69, 9.17) is 9.47 Å². The van der Waals surface area contributed by atoms with Gasteiger partial charge in [-0.05, 0) is 107 Å². The third-order valence-corrected chi connectivity index (χ3v) is 7.48. The molecule has 0 unspecified atom stereocenters. The number of aromatic carboxylic acids is 1. The molecular formula is C38H32F3NO5. The van der Waals surface area contributed by atoms with Crippen molar-refractivity contribution in [1.82, 2.24) is 0 Å². The first-order valence-corrected chi connectivity index (χ1v) is 14.9. The molecule has 0 fully saturated rings. The molecule has 0 saturated carbocycles. The number of para-hydroxylation sites is 1. The maximum Gasteiger partial charge on any atom is 0.416 e. The topological polar surface area (TPSA) is 84.9 Å². The molecule has 0 aromatic heterocycles. The standard InChI is InChI=1S/C38H32F3NO5/c1-24(2)33-22-35(42-36(43)27-12-16-32(17-13-27)47-31-6-4-3-5-7-31)34(37(44)45)21-28(33)20-25-8-10-26(11-9-25)23-46-30-18-14-29(15-19-30)38(39,40)41/h3-19,21-22,24H,20,23H2,1-2H3,(H,42,43)(H,44,45). The zero-order valence-corrected chi connectivity index (χ0v) is 25.7. The Kier molecular flexibility index (Phi) is 9.94. The Morgan fingerprint density at radius 2 is 1.36 bits per heavy atom. The molecule has 47 heavy (non-hydrogen) atoms. The van der Waals surface area contributed by atoms with Crippen LogP contribution < -0.4 is 14.8 Å². The number of rotatable bonds is 11. The van der Waals surface area contributed by atoms with Gasteiger partial charge in [0.05, 0.1) is 16.8 Å². The fourth-order valence-electron chi connectivity index (χ4n) is 5.01. The number of hydrogen-bond donors (Lipinski definition) is 2. The average molecular weight is 640 g/mol. The van der Waals surface area contributed by atoms with Crippen molar-refractivity contribution in [1.29, 1.82) is 0 Å². The van der Waals surface area contributed by atoms with Crippen molar-refractivity contribution in [3.05, 3.63) is 154 Å². The van der Waals surface area contributed by atoms with Crippen LogP contribution in [0.4, 0.5) is 18.9 Å². The first kappa shape index (κ1) is 32.8. The lowest BCUT2D eigenvalue weighted by Crippen LogP contribution is -2.16. The second-order valence-corrected chi connectivity index (χ2v) is 11.3. The lowest BCUT2D eigenvalue weighted by Gasteiger charge is -2.18. The highest BCUT2D eigenvalue weighted by atomic mass is 19.4. The summed E-state index contributed by atoms with van der Waals surface area (Å²) in [5, 5.41) is 12.8. The van der Waals surface area contributed by atoms with E-state index in [-0.39, 0.29) is 23.8 Å². The van der Waals surface area contributed by atoms with E-state index in [0.717, 1.165) is 34.4 Å². The highest BCUT2D eigenvalue weighted by molar-refractivity contribution is 6.08. The van der Waals surface area contributed by atoms with Gasteiger partial charge in [0.2, 0.25) is 0 Å². The van der Waals surface area contributed by atoms with Crippen LogP contribution in [0.5, 0.6) is 17.2 Å². The van der Waals surface area contributed by atoms with Crippen molar-refractivity contribution >= 4 is 17.6 Å². The molecule has 5 rings (SSSR count). The van der Waals surface area contributed by atoms with Gasteiger partial charge in [-0.25, -0.2) is 4.79 Å². The molecular weight excluding hydrogens is 607 g/mol. The van der Waals surface area contributed by atoms with Gasteiger partial charge in [-0.2, -0.15) is 13.2 Å². The van der Waals surface area contributed by atoms with Crippen LogP contribution in [0.1, 0.15) is 68.3 Å². The highest BCUT2D eigenvalue weighted by Crippen LogP contribution is 2.32. The molecule has 0 heterocycles. The molecule has 5 aromatic carbocycles. The second kappa shape index (κ2) is 14.2. The van der Waals surface area contributed by atoms with Crippen LogP contribution in [0.25, 0.3) is 0 Å². The lowest BCUT2D eigenvalue weighted by molar-refractivity contribution is -0.137. The zero-order chi connectivity index (χ0) is 33.6. The van der Waals surface area contributed by atoms with Gasteiger partial charge in [0.25, 0.3) is 5.91 Å². The smallest absolute Gasteiger partial charge is 0.416 e. The molecule has 0 aliphatic heterocycles. The van der Waals surface area contributed by atoms with Crippen LogP contribution in [-0.4, -0.2) is 17.0 Å². The maximum absolute atomic E-state index is 13.1. The van der Waals surface area contributed by atoms with E-state index in [2.05, 4.69) is 5.32 Å². The van der Waals surface area contributed by atoms with Gasteiger partial charge in [-0.3, -0.25) is 4.79 Å². The number of carboxylic acid groups (broad SMARTS) is 1. The minimum atomic E-state index is -4.41. The summed E-state index contributed by atoms with van der Waals surface area (Å²) in [6.45, 7) is 4.17. The van der Waals surface area contributed by atoms with Gasteiger partial charge < -0.3 is 19.9 Å². The van der Waals surface area contributed by atoms with Crippen LogP contribution in [0.15, 0.2) is 115 Å². The number of carbonyl (C=O) groups excluding carboxylic acids is 1. The van der Waals surface area contributed by atoms with Crippen LogP contribution >= 0.6 is 0 Å². The number of alkyl halides is 3. The van der Waals surface area contributed by atoms with Crippen LogP contribution in [0, 0.1) is 0 Å². The minimum absolute atomic E-state index is 0.0247. The van der Waals surface area contributed by atoms with Crippen LogP contribution in [0.3, 0.4) is 0 Å². The van der Waals surface area contributed by atoms with E-state index >= 15 is 0 Å². The van der Waals surface area contributed by atoms with Gasteiger partial charge in [-0.1, -0.05) is 56.3 Å². The Labute approximate surface area is 270 Å². The normalized spacial score (nSPS) is 11.3. The molecule has 0 radical (unpaired) electrons. The van der Waals surface area contributed by atoms with Crippen molar-refractivity contribution in [2.75, 3.05) is 5.32 Å². The number of amides is 1. The molecule has 1 amide bonds. The molecule has 0 saturated heterocycles. The molecule has 6 nitrogen and oxygen atoms in total. The average Bonchev–Trinajstić information content (AvgIpc) is 3.05. The summed E-state index contributed by atoms with van der Waals surface area (Å²) < 4.78 is 49.8. The van der Waals surface area contributed by atoms with Crippen molar-refractivity contribution in [3.8, 4) is 17.2 Å². The van der Waals surface area contributed by atoms with E-state index in [1.54, 1.807) is 36.4 Å². The molecule has 2 N–H and O–H groups in total. The van der Waals surface area contributed by atoms with E-state index in [1.165, 1.54) is 12.1 Å². The first-order valence-electron chi connectivity index (χ1n) is 14.9. The zero-order valence-electron chi connectivity index (χ0n) is 25.7. The van der Waals surface area contributed by atoms with Gasteiger partial charge in [0.15, 0.2) is 0 Å². The summed E-state index contributed by atoms with van der Waals surface area (Å²) in [4.78, 5) is 25.5. The van der Waals surface area contributed by atoms with Crippen LogP contribution in [0.2, 0.25) is 0 Å². The number of carbonyl (C=O) groups is 2. The van der Waals surface area contributed by atoms with Gasteiger partial charge in [0.1, 0.15) is 23.9 Å². The SMILES string of the molecule is CC(C)c1cc(NC(=O)c2ccc(Oc3ccccc3)cc2)c(C(=O)O)cc1Cc1ccc(COc2ccc(C(F)(F)F)cc2)cc1. The fourth-order valence-corrected chi connectivity index (χ4v) is 5.01. The third-order valence-electron chi connectivity index (χ3n) is 7.48. The molecule has 0 aliphatic rings. The second-order valence-electron chi connectivity index (χ2n) is 11.3. The third kappa shape index (κ3) is 8.58. The predicted molar refractivity (Wildman–Crippen MR) is 173 cm³/mol. The number of nitrogens with one attached hydrogen (secondary N) is 1. The van der Waals surface area contributed by atoms with Crippen molar-refractivity contribution in [3.63, 3.8) is 0 Å². The summed E-state index contributed by atoms with van der Waals surface area (Å²) >= 11 is 0. The molecule has 0 spiro atoms. The predicted octanol–water partition coefficient (Wildman–Crippen LogP) is 9.74. The maximum atomic E-state index is 13.1. The molecule has 0 bridgehead atoms. The molecule has 0 atom stereocenters. The van der Waals surface area contributed by atoms with Gasteiger partial charge >= 0.3 is 12.1 Å². The van der Waals surface area contributed by atoms with Crippen molar-refractivity contribution in [2.24, 2.45) is 0 Å². The Morgan fingerprint density at radius 3 is 1.96 bits per heavy atom. The lowest BCUT2D eigenvalue weighted by atomic mass is 9.90. The van der Waals surface area contributed by atoms with Crippen molar-refractivity contribution < 1.29 is 37.3 Å². The fraction of sp³-hybridized carbons (Fsp3) is 0.158. The van der Waals surface area contributed by atoms with E-state index in [0.29, 0.717) is 29.2 Å². The monoisotopic (exact) mass is 639 g/mol. The molecule has 9 heteroatoms. The summed E-state index contributed by atoms with van der Waals surface area (Å²) in [5.74, 6) is -0.0288. The minimum Gasteiger partial charge on any atom is -0.489 e. The summed E-state index contributed by atoms with van der Waals surface area (Å²) in [5.41, 5.74) is 3.24. The van der Waals surface area contributed by atoms with Crippen LogP contribution in [-0.2, 0) is 19.2 Å². The van der Waals surface area contributed by atoms with Gasteiger partial charge in [-0.15, -0.1) is 0 Å². The Bertz CT molecular complexity index is 1840. The Morgan fingerprint density at radius 1 is 0.766 bits per heavy atom. The molecule has 5 aromatic rings. The number of benzene rings is 5. The van der Waals surface area contributed by atoms with E-state index < -0.39 is 23.6 Å². The first-order chi connectivity index (χ1) is 22.5. The Hall–Kier alpha value is -5.57. The summed E-state index contributed by atoms with van der Waals surface area (Å²) in [6, 6.07) is 31.2. The highest BCUT2D eigenvalue weighted by Gasteiger charge is 2.30. The quantitative estimate of drug-likeness (QED) is 0.150. The summed E-state index contributed by atoms with van der Waals surface area (Å²) in [6.07, 6.45) is -3.96. The number of anilines is 1. The number of carboxylic acids is 1. The van der Waals surface area contributed by atoms with E-state index in [1.807, 2.05) is 68.4 Å². The largest absolute Gasteiger partial charge is 0.489 e.